The van der Waals surface area contributed by atoms with Gasteiger partial charge in [0.15, 0.2) is 5.65 Å². The molecule has 0 radical (unpaired) electrons. The lowest BCUT2D eigenvalue weighted by molar-refractivity contribution is 0.102. The Labute approximate surface area is 210 Å². The number of hydrogen-bond acceptors (Lipinski definition) is 6. The maximum atomic E-state index is 12.9. The number of nitrogens with one attached hydrogen (secondary N) is 2. The third kappa shape index (κ3) is 5.43. The van der Waals surface area contributed by atoms with Crippen LogP contribution in [-0.2, 0) is 6.54 Å². The molecule has 1 aromatic carbocycles. The number of benzene rings is 1. The van der Waals surface area contributed by atoms with Crippen LogP contribution in [0, 0.1) is 18.8 Å². The molecule has 0 unspecified atom stereocenters. The van der Waals surface area contributed by atoms with E-state index in [1.54, 1.807) is 35.4 Å². The Morgan fingerprint density at radius 1 is 1.11 bits per heavy atom. The molecule has 1 fully saturated rings. The summed E-state index contributed by atoms with van der Waals surface area (Å²) in [5, 5.41) is 10.8. The van der Waals surface area contributed by atoms with Crippen LogP contribution in [0.2, 0.25) is 0 Å². The van der Waals surface area contributed by atoms with Crippen molar-refractivity contribution in [1.82, 2.24) is 29.8 Å². The average molecular weight is 480 g/mol. The SMILES string of the molecule is Cc1cc(NC(=O)c2cncc(C#Cc3cnc4cccnn34)c2)ccc1CN1C[C@@H](C)N[C@@H](C)C1. The molecule has 1 saturated heterocycles. The molecule has 3 aromatic heterocycles. The van der Waals surface area contributed by atoms with Gasteiger partial charge in [0.1, 0.15) is 5.69 Å². The van der Waals surface area contributed by atoms with Crippen LogP contribution in [0.25, 0.3) is 5.65 Å². The first-order valence-corrected chi connectivity index (χ1v) is 12.1. The van der Waals surface area contributed by atoms with E-state index in [4.69, 9.17) is 0 Å². The minimum atomic E-state index is -0.223. The quantitative estimate of drug-likeness (QED) is 0.437. The van der Waals surface area contributed by atoms with Crippen LogP contribution in [0.15, 0.2) is 61.2 Å². The van der Waals surface area contributed by atoms with E-state index in [1.807, 2.05) is 24.3 Å². The summed E-state index contributed by atoms with van der Waals surface area (Å²) in [5.41, 5.74) is 5.67. The van der Waals surface area contributed by atoms with E-state index < -0.39 is 0 Å². The smallest absolute Gasteiger partial charge is 0.257 e. The summed E-state index contributed by atoms with van der Waals surface area (Å²) in [6, 6.07) is 12.5. The van der Waals surface area contributed by atoms with Gasteiger partial charge in [-0.3, -0.25) is 14.7 Å². The van der Waals surface area contributed by atoms with Gasteiger partial charge in [-0.1, -0.05) is 12.0 Å². The van der Waals surface area contributed by atoms with E-state index in [2.05, 4.69) is 69.3 Å². The molecule has 2 atom stereocenters. The lowest BCUT2D eigenvalue weighted by Crippen LogP contribution is -2.53. The number of pyridine rings is 1. The number of aryl methyl sites for hydroxylation is 1. The van der Waals surface area contributed by atoms with Crippen LogP contribution in [0.3, 0.4) is 0 Å². The fraction of sp³-hybridized carbons (Fsp3) is 0.286. The number of carbonyl (C=O) groups excluding carboxylic acids is 1. The molecular formula is C28H29N7O. The van der Waals surface area contributed by atoms with Crippen molar-refractivity contribution < 1.29 is 4.79 Å². The van der Waals surface area contributed by atoms with Gasteiger partial charge in [0.05, 0.1) is 11.8 Å². The van der Waals surface area contributed by atoms with Gasteiger partial charge in [-0.05, 0) is 68.2 Å². The van der Waals surface area contributed by atoms with E-state index in [0.29, 0.717) is 28.9 Å². The van der Waals surface area contributed by atoms with Gasteiger partial charge < -0.3 is 10.6 Å². The number of nitrogens with zero attached hydrogens (tertiary/aromatic N) is 5. The van der Waals surface area contributed by atoms with Crippen LogP contribution >= 0.6 is 0 Å². The second-order valence-corrected chi connectivity index (χ2v) is 9.41. The number of anilines is 1. The van der Waals surface area contributed by atoms with Crippen molar-refractivity contribution >= 4 is 17.2 Å². The number of carbonyl (C=O) groups is 1. The van der Waals surface area contributed by atoms with E-state index in [-0.39, 0.29) is 5.91 Å². The Bertz CT molecular complexity index is 1460. The number of imidazole rings is 1. The third-order valence-corrected chi connectivity index (χ3v) is 6.24. The Morgan fingerprint density at radius 3 is 2.75 bits per heavy atom. The van der Waals surface area contributed by atoms with Gasteiger partial charge >= 0.3 is 0 Å². The zero-order chi connectivity index (χ0) is 25.1. The maximum Gasteiger partial charge on any atom is 0.257 e. The molecule has 0 bridgehead atoms. The van der Waals surface area contributed by atoms with Crippen LogP contribution in [0.4, 0.5) is 5.69 Å². The first-order valence-electron chi connectivity index (χ1n) is 12.1. The van der Waals surface area contributed by atoms with Crippen LogP contribution in [0.5, 0.6) is 0 Å². The third-order valence-electron chi connectivity index (χ3n) is 6.24. The number of amides is 1. The highest BCUT2D eigenvalue weighted by Gasteiger charge is 2.21. The summed E-state index contributed by atoms with van der Waals surface area (Å²) in [5.74, 6) is 5.90. The van der Waals surface area contributed by atoms with Gasteiger partial charge in [0.2, 0.25) is 0 Å². The lowest BCUT2D eigenvalue weighted by Gasteiger charge is -2.36. The average Bonchev–Trinajstić information content (AvgIpc) is 3.27. The standard InChI is InChI=1S/C28H29N7O/c1-19-11-25(8-7-23(19)18-34-16-20(2)32-21(3)17-34)33-28(36)24-12-22(13-29-14-24)6-9-26-15-30-27-5-4-10-31-35(26)27/h4-5,7-8,10-15,20-21,32H,16-18H2,1-3H3,(H,33,36)/t20-,21+. The minimum absolute atomic E-state index is 0.223. The molecule has 36 heavy (non-hydrogen) atoms. The Kier molecular flexibility index (Phi) is 6.76. The number of piperazine rings is 1. The number of rotatable bonds is 4. The fourth-order valence-corrected chi connectivity index (χ4v) is 4.65. The highest BCUT2D eigenvalue weighted by atomic mass is 16.1. The van der Waals surface area contributed by atoms with Crippen LogP contribution in [0.1, 0.15) is 46.6 Å². The Morgan fingerprint density at radius 2 is 1.94 bits per heavy atom. The van der Waals surface area contributed by atoms with Crippen LogP contribution < -0.4 is 10.6 Å². The van der Waals surface area contributed by atoms with Crippen molar-refractivity contribution in [2.24, 2.45) is 0 Å². The molecule has 182 valence electrons. The van der Waals surface area contributed by atoms with Gasteiger partial charge in [-0.15, -0.1) is 0 Å². The molecule has 0 spiro atoms. The molecule has 8 heteroatoms. The summed E-state index contributed by atoms with van der Waals surface area (Å²) in [4.78, 5) is 23.9. The first-order chi connectivity index (χ1) is 17.4. The highest BCUT2D eigenvalue weighted by molar-refractivity contribution is 6.04. The molecule has 2 N–H and O–H groups in total. The molecule has 4 aromatic rings. The second-order valence-electron chi connectivity index (χ2n) is 9.41. The molecule has 5 rings (SSSR count). The maximum absolute atomic E-state index is 12.9. The molecule has 4 heterocycles. The molecule has 0 saturated carbocycles. The molecule has 0 aliphatic carbocycles. The summed E-state index contributed by atoms with van der Waals surface area (Å²) in [7, 11) is 0. The molecule has 1 amide bonds. The summed E-state index contributed by atoms with van der Waals surface area (Å²) in [6.45, 7) is 9.50. The summed E-state index contributed by atoms with van der Waals surface area (Å²) < 4.78 is 1.67. The zero-order valence-corrected chi connectivity index (χ0v) is 20.7. The molecule has 1 aliphatic heterocycles. The number of fused-ring (bicyclic) bond motifs is 1. The van der Waals surface area contributed by atoms with Crippen molar-refractivity contribution in [2.75, 3.05) is 18.4 Å². The molecular weight excluding hydrogens is 450 g/mol. The van der Waals surface area contributed by atoms with Crippen molar-refractivity contribution in [2.45, 2.75) is 39.4 Å². The van der Waals surface area contributed by atoms with E-state index in [0.717, 1.165) is 36.5 Å². The highest BCUT2D eigenvalue weighted by Crippen LogP contribution is 2.19. The Hall–Kier alpha value is -4.06. The van der Waals surface area contributed by atoms with Crippen molar-refractivity contribution in [3.8, 4) is 11.8 Å². The van der Waals surface area contributed by atoms with Gasteiger partial charge in [-0.2, -0.15) is 5.10 Å². The van der Waals surface area contributed by atoms with E-state index in [9.17, 15) is 4.79 Å². The van der Waals surface area contributed by atoms with Crippen LogP contribution in [-0.4, -0.2) is 55.6 Å². The summed E-state index contributed by atoms with van der Waals surface area (Å²) in [6.07, 6.45) is 6.54. The first kappa shape index (κ1) is 23.7. The molecule has 8 nitrogen and oxygen atoms in total. The number of aromatic nitrogens is 4. The lowest BCUT2D eigenvalue weighted by atomic mass is 10.1. The Balaban J connectivity index is 1.26. The number of hydrogen-bond donors (Lipinski definition) is 2. The minimum Gasteiger partial charge on any atom is -0.322 e. The van der Waals surface area contributed by atoms with Crippen molar-refractivity contribution in [3.63, 3.8) is 0 Å². The largest absolute Gasteiger partial charge is 0.322 e. The normalized spacial score (nSPS) is 18.0. The summed E-state index contributed by atoms with van der Waals surface area (Å²) >= 11 is 0. The predicted molar refractivity (Wildman–Crippen MR) is 140 cm³/mol. The second kappa shape index (κ2) is 10.3. The topological polar surface area (TPSA) is 87.5 Å². The van der Waals surface area contributed by atoms with E-state index >= 15 is 0 Å². The zero-order valence-electron chi connectivity index (χ0n) is 20.7. The van der Waals surface area contributed by atoms with Gasteiger partial charge in [-0.25, -0.2) is 9.50 Å². The van der Waals surface area contributed by atoms with E-state index in [1.165, 1.54) is 5.56 Å². The molecule has 1 aliphatic rings. The monoisotopic (exact) mass is 479 g/mol. The van der Waals surface area contributed by atoms with Crippen molar-refractivity contribution in [1.29, 1.82) is 0 Å². The van der Waals surface area contributed by atoms with Gasteiger partial charge in [0.25, 0.3) is 5.91 Å². The van der Waals surface area contributed by atoms with Crippen molar-refractivity contribution in [3.05, 3.63) is 89.1 Å². The van der Waals surface area contributed by atoms with Gasteiger partial charge in [0, 0.05) is 61.6 Å². The predicted octanol–water partition coefficient (Wildman–Crippen LogP) is 3.27. The fourth-order valence-electron chi connectivity index (χ4n) is 4.65.